The second-order valence-electron chi connectivity index (χ2n) is 5.65. The number of piperazine rings is 2. The molecular formula is C14H23N5O2. The zero-order valence-corrected chi connectivity index (χ0v) is 12.9. The molecular weight excluding hydrogens is 270 g/mol. The minimum atomic E-state index is 0.354. The van der Waals surface area contributed by atoms with Crippen LogP contribution in [0.5, 0.6) is 11.9 Å². The molecule has 0 bridgehead atoms. The minimum Gasteiger partial charge on any atom is -0.481 e. The summed E-state index contributed by atoms with van der Waals surface area (Å²) in [4.78, 5) is 15.9. The van der Waals surface area contributed by atoms with E-state index in [-0.39, 0.29) is 0 Å². The maximum atomic E-state index is 5.24. The zero-order chi connectivity index (χ0) is 14.8. The van der Waals surface area contributed by atoms with Gasteiger partial charge in [-0.15, -0.1) is 0 Å². The summed E-state index contributed by atoms with van der Waals surface area (Å²) in [6.45, 7) is 6.46. The molecule has 7 heteroatoms. The Balaban J connectivity index is 1.78. The summed E-state index contributed by atoms with van der Waals surface area (Å²) >= 11 is 0. The zero-order valence-electron chi connectivity index (χ0n) is 12.9. The maximum absolute atomic E-state index is 5.24. The Morgan fingerprint density at radius 3 is 2.62 bits per heavy atom. The summed E-state index contributed by atoms with van der Waals surface area (Å²) < 4.78 is 10.4. The molecule has 21 heavy (non-hydrogen) atoms. The van der Waals surface area contributed by atoms with Crippen molar-refractivity contribution in [3.8, 4) is 11.9 Å². The lowest BCUT2D eigenvalue weighted by atomic mass is 10.1. The molecule has 3 heterocycles. The topological polar surface area (TPSA) is 54.0 Å². The highest BCUT2D eigenvalue weighted by Crippen LogP contribution is 2.24. The van der Waals surface area contributed by atoms with Crippen LogP contribution in [0.2, 0.25) is 0 Å². The molecule has 0 N–H and O–H groups in total. The Labute approximate surface area is 125 Å². The van der Waals surface area contributed by atoms with Crippen LogP contribution in [0.4, 0.5) is 5.82 Å². The predicted molar refractivity (Wildman–Crippen MR) is 80.2 cm³/mol. The van der Waals surface area contributed by atoms with Gasteiger partial charge in [-0.1, -0.05) is 0 Å². The van der Waals surface area contributed by atoms with Gasteiger partial charge in [-0.3, -0.25) is 4.90 Å². The van der Waals surface area contributed by atoms with Crippen LogP contribution >= 0.6 is 0 Å². The van der Waals surface area contributed by atoms with Crippen LogP contribution in [0.25, 0.3) is 0 Å². The van der Waals surface area contributed by atoms with Gasteiger partial charge in [0.15, 0.2) is 0 Å². The number of rotatable bonds is 3. The van der Waals surface area contributed by atoms with Gasteiger partial charge in [0.05, 0.1) is 14.2 Å². The first-order valence-electron chi connectivity index (χ1n) is 7.34. The van der Waals surface area contributed by atoms with Gasteiger partial charge >= 0.3 is 6.01 Å². The number of hydrogen-bond acceptors (Lipinski definition) is 7. The molecule has 1 aromatic heterocycles. The van der Waals surface area contributed by atoms with Crippen molar-refractivity contribution in [3.63, 3.8) is 0 Å². The van der Waals surface area contributed by atoms with Gasteiger partial charge in [0.1, 0.15) is 5.82 Å². The first-order chi connectivity index (χ1) is 10.2. The molecule has 2 fully saturated rings. The summed E-state index contributed by atoms with van der Waals surface area (Å²) in [5.74, 6) is 1.42. The molecule has 7 nitrogen and oxygen atoms in total. The molecule has 3 rings (SSSR count). The summed E-state index contributed by atoms with van der Waals surface area (Å²) in [7, 11) is 5.37. The van der Waals surface area contributed by atoms with Gasteiger partial charge in [-0.05, 0) is 7.05 Å². The third kappa shape index (κ3) is 3.03. The molecule has 2 aliphatic heterocycles. The molecule has 116 valence electrons. The number of hydrogen-bond donors (Lipinski definition) is 0. The van der Waals surface area contributed by atoms with Gasteiger partial charge in [0, 0.05) is 51.4 Å². The van der Waals surface area contributed by atoms with Gasteiger partial charge in [-0.25, -0.2) is 0 Å². The molecule has 0 radical (unpaired) electrons. The molecule has 0 amide bonds. The number of ether oxygens (including phenoxy) is 2. The lowest BCUT2D eigenvalue weighted by molar-refractivity contribution is 0.0804. The monoisotopic (exact) mass is 293 g/mol. The molecule has 2 aliphatic rings. The van der Waals surface area contributed by atoms with Crippen LogP contribution in [0.3, 0.4) is 0 Å². The average molecular weight is 293 g/mol. The maximum Gasteiger partial charge on any atom is 0.321 e. The Bertz CT molecular complexity index is 476. The number of aromatic nitrogens is 2. The fraction of sp³-hybridized carbons (Fsp3) is 0.714. The first-order valence-corrected chi connectivity index (χ1v) is 7.34. The van der Waals surface area contributed by atoms with E-state index in [4.69, 9.17) is 9.47 Å². The van der Waals surface area contributed by atoms with Gasteiger partial charge in [-0.2, -0.15) is 9.97 Å². The minimum absolute atomic E-state index is 0.354. The highest BCUT2D eigenvalue weighted by molar-refractivity contribution is 5.43. The number of methoxy groups -OCH3 is 2. The quantitative estimate of drug-likeness (QED) is 0.773. The Kier molecular flexibility index (Phi) is 4.12. The molecule has 1 atom stereocenters. The van der Waals surface area contributed by atoms with E-state index in [9.17, 15) is 0 Å². The van der Waals surface area contributed by atoms with E-state index in [1.54, 1.807) is 14.2 Å². The number of anilines is 1. The van der Waals surface area contributed by atoms with Crippen molar-refractivity contribution >= 4 is 5.82 Å². The summed E-state index contributed by atoms with van der Waals surface area (Å²) in [5.41, 5.74) is 0. The Hall–Kier alpha value is -1.60. The van der Waals surface area contributed by atoms with Crippen molar-refractivity contribution < 1.29 is 9.47 Å². The first kappa shape index (κ1) is 14.3. The highest BCUT2D eigenvalue weighted by Gasteiger charge is 2.31. The van der Waals surface area contributed by atoms with Crippen molar-refractivity contribution in [1.29, 1.82) is 0 Å². The molecule has 0 aromatic carbocycles. The van der Waals surface area contributed by atoms with Crippen molar-refractivity contribution in [1.82, 2.24) is 19.8 Å². The molecule has 0 spiro atoms. The van der Waals surface area contributed by atoms with E-state index in [0.29, 0.717) is 17.9 Å². The Morgan fingerprint density at radius 2 is 1.86 bits per heavy atom. The van der Waals surface area contributed by atoms with E-state index in [0.717, 1.165) is 45.1 Å². The van der Waals surface area contributed by atoms with Crippen LogP contribution in [0.15, 0.2) is 6.07 Å². The van der Waals surface area contributed by atoms with E-state index < -0.39 is 0 Å². The predicted octanol–water partition coefficient (Wildman–Crippen LogP) is -0.0702. The van der Waals surface area contributed by atoms with Crippen molar-refractivity contribution in [2.75, 3.05) is 65.4 Å². The molecule has 0 unspecified atom stereocenters. The largest absolute Gasteiger partial charge is 0.481 e. The molecule has 2 saturated heterocycles. The van der Waals surface area contributed by atoms with E-state index >= 15 is 0 Å². The van der Waals surface area contributed by atoms with Gasteiger partial charge in [0.2, 0.25) is 5.88 Å². The third-order valence-electron chi connectivity index (χ3n) is 4.28. The fourth-order valence-electron chi connectivity index (χ4n) is 3.07. The van der Waals surface area contributed by atoms with E-state index in [1.165, 1.54) is 0 Å². The van der Waals surface area contributed by atoms with Crippen LogP contribution in [-0.2, 0) is 0 Å². The summed E-state index contributed by atoms with van der Waals surface area (Å²) in [6, 6.07) is 2.79. The Morgan fingerprint density at radius 1 is 1.05 bits per heavy atom. The van der Waals surface area contributed by atoms with Crippen LogP contribution in [0.1, 0.15) is 0 Å². The van der Waals surface area contributed by atoms with Gasteiger partial charge < -0.3 is 19.3 Å². The van der Waals surface area contributed by atoms with Crippen LogP contribution in [-0.4, -0.2) is 86.3 Å². The van der Waals surface area contributed by atoms with E-state index in [1.807, 2.05) is 6.07 Å². The standard InChI is InChI=1S/C14H23N5O2/c1-17-4-5-18-6-7-19(10-11(18)9-17)12-8-13(20-2)16-14(15-12)21-3/h8,11H,4-7,9-10H2,1-3H3/t11-/m0/s1. The van der Waals surface area contributed by atoms with Gasteiger partial charge in [0.25, 0.3) is 0 Å². The number of nitrogens with zero attached hydrogens (tertiary/aromatic N) is 5. The lowest BCUT2D eigenvalue weighted by Crippen LogP contribution is -2.61. The lowest BCUT2D eigenvalue weighted by Gasteiger charge is -2.46. The van der Waals surface area contributed by atoms with Crippen LogP contribution < -0.4 is 14.4 Å². The number of fused-ring (bicyclic) bond motifs is 1. The third-order valence-corrected chi connectivity index (χ3v) is 4.28. The highest BCUT2D eigenvalue weighted by atomic mass is 16.5. The smallest absolute Gasteiger partial charge is 0.321 e. The fourth-order valence-corrected chi connectivity index (χ4v) is 3.07. The molecule has 0 aliphatic carbocycles. The van der Waals surface area contributed by atoms with Crippen molar-refractivity contribution in [3.05, 3.63) is 6.07 Å². The van der Waals surface area contributed by atoms with Crippen molar-refractivity contribution in [2.45, 2.75) is 6.04 Å². The van der Waals surface area contributed by atoms with Crippen molar-refractivity contribution in [2.24, 2.45) is 0 Å². The molecule has 0 saturated carbocycles. The summed E-state index contributed by atoms with van der Waals surface area (Å²) in [5, 5.41) is 0. The molecule has 1 aromatic rings. The second-order valence-corrected chi connectivity index (χ2v) is 5.65. The number of likely N-dealkylation sites (N-methyl/N-ethyl adjacent to an activating group) is 1. The average Bonchev–Trinajstić information content (AvgIpc) is 2.53. The van der Waals surface area contributed by atoms with Crippen LogP contribution in [0, 0.1) is 0 Å². The second kappa shape index (κ2) is 6.03. The summed E-state index contributed by atoms with van der Waals surface area (Å²) in [6.07, 6.45) is 0. The van der Waals surface area contributed by atoms with E-state index in [2.05, 4.69) is 31.7 Å². The normalized spacial score (nSPS) is 23.8. The SMILES string of the molecule is COc1cc(N2CCN3CCN(C)C[C@H]3C2)nc(OC)n1.